The third-order valence-electron chi connectivity index (χ3n) is 3.67. The predicted octanol–water partition coefficient (Wildman–Crippen LogP) is 1.85. The molecule has 1 aromatic carbocycles. The zero-order valence-corrected chi connectivity index (χ0v) is 12.6. The lowest BCUT2D eigenvalue weighted by molar-refractivity contribution is -0.128. The first kappa shape index (κ1) is 14.6. The Labute approximate surface area is 132 Å². The number of nitroso groups, excluding NO2 is 1. The quantitative estimate of drug-likeness (QED) is 0.862. The van der Waals surface area contributed by atoms with Crippen LogP contribution in [0.2, 0.25) is 5.02 Å². The highest BCUT2D eigenvalue weighted by atomic mass is 35.5. The van der Waals surface area contributed by atoms with Crippen LogP contribution in [0.4, 0.5) is 0 Å². The number of carbonyl (C=O) groups excluding carboxylic acids is 1. The minimum Gasteiger partial charge on any atom is -0.294 e. The van der Waals surface area contributed by atoms with Gasteiger partial charge in [-0.25, -0.2) is 4.99 Å². The van der Waals surface area contributed by atoms with E-state index in [0.717, 1.165) is 5.56 Å². The molecular weight excluding hydrogens is 306 g/mol. The Balaban J connectivity index is 1.94. The van der Waals surface area contributed by atoms with Gasteiger partial charge in [0.1, 0.15) is 5.84 Å². The number of hydrogen-bond donors (Lipinski definition) is 1. The molecule has 2 aliphatic heterocycles. The lowest BCUT2D eigenvalue weighted by atomic mass is 10.1. The predicted molar refractivity (Wildman–Crippen MR) is 82.9 cm³/mol. The number of carbonyl (C=O) groups is 1. The summed E-state index contributed by atoms with van der Waals surface area (Å²) >= 11 is 5.87. The van der Waals surface area contributed by atoms with E-state index in [9.17, 15) is 9.70 Å². The number of amidine groups is 1. The van der Waals surface area contributed by atoms with Crippen molar-refractivity contribution in [3.05, 3.63) is 39.8 Å². The average Bonchev–Trinajstić information content (AvgIpc) is 2.88. The van der Waals surface area contributed by atoms with Gasteiger partial charge in [0.25, 0.3) is 5.91 Å². The van der Waals surface area contributed by atoms with E-state index in [2.05, 4.69) is 10.2 Å². The normalized spacial score (nSPS) is 24.4. The number of nitrogens with zero attached hydrogens (tertiary/aromatic N) is 4. The standard InChI is InChI=1S/C14H14ClN5O2/c1-8-6-20-13(21)11(18-22)12(16)19(14(20)17-8)7-9-2-4-10(15)5-3-9/h2-5,8,11,16H,6-7H2,1H3. The van der Waals surface area contributed by atoms with Gasteiger partial charge in [-0.05, 0) is 29.8 Å². The first-order chi connectivity index (χ1) is 10.5. The van der Waals surface area contributed by atoms with Crippen molar-refractivity contribution in [2.45, 2.75) is 25.6 Å². The first-order valence-corrected chi connectivity index (χ1v) is 7.21. The van der Waals surface area contributed by atoms with Crippen molar-refractivity contribution < 1.29 is 4.79 Å². The molecule has 0 aromatic heterocycles. The number of amides is 1. The number of halogens is 1. The summed E-state index contributed by atoms with van der Waals surface area (Å²) < 4.78 is 0. The van der Waals surface area contributed by atoms with Gasteiger partial charge in [-0.3, -0.25) is 20.0 Å². The summed E-state index contributed by atoms with van der Waals surface area (Å²) in [7, 11) is 0. The van der Waals surface area contributed by atoms with Crippen LogP contribution in [0.1, 0.15) is 12.5 Å². The van der Waals surface area contributed by atoms with Gasteiger partial charge in [-0.1, -0.05) is 23.7 Å². The number of guanidine groups is 1. The highest BCUT2D eigenvalue weighted by molar-refractivity contribution is 6.30. The van der Waals surface area contributed by atoms with Gasteiger partial charge in [0.2, 0.25) is 12.0 Å². The Morgan fingerprint density at radius 2 is 2.09 bits per heavy atom. The molecule has 1 aromatic rings. The molecule has 1 fully saturated rings. The maximum atomic E-state index is 12.2. The molecule has 114 valence electrons. The van der Waals surface area contributed by atoms with Crippen LogP contribution in [-0.2, 0) is 11.3 Å². The Morgan fingerprint density at radius 3 is 2.73 bits per heavy atom. The largest absolute Gasteiger partial charge is 0.294 e. The summed E-state index contributed by atoms with van der Waals surface area (Å²) in [5.41, 5.74) is 0.898. The molecule has 22 heavy (non-hydrogen) atoms. The van der Waals surface area contributed by atoms with E-state index < -0.39 is 11.9 Å². The minimum atomic E-state index is -1.31. The minimum absolute atomic E-state index is 0.0649. The van der Waals surface area contributed by atoms with Crippen molar-refractivity contribution in [1.29, 1.82) is 5.41 Å². The number of fused-ring (bicyclic) bond motifs is 1. The van der Waals surface area contributed by atoms with Crippen LogP contribution in [-0.4, -0.2) is 46.1 Å². The molecule has 2 heterocycles. The highest BCUT2D eigenvalue weighted by Gasteiger charge is 2.45. The molecular formula is C14H14ClN5O2. The summed E-state index contributed by atoms with van der Waals surface area (Å²) in [6.07, 6.45) is 0. The zero-order valence-electron chi connectivity index (χ0n) is 11.9. The van der Waals surface area contributed by atoms with Gasteiger partial charge in [0.05, 0.1) is 19.1 Å². The smallest absolute Gasteiger partial charge is 0.265 e. The Bertz CT molecular complexity index is 672. The monoisotopic (exact) mass is 319 g/mol. The van der Waals surface area contributed by atoms with Gasteiger partial charge in [0, 0.05) is 5.02 Å². The fourth-order valence-corrected chi connectivity index (χ4v) is 2.73. The van der Waals surface area contributed by atoms with Crippen LogP contribution < -0.4 is 0 Å². The van der Waals surface area contributed by atoms with Crippen molar-refractivity contribution in [3.63, 3.8) is 0 Å². The van der Waals surface area contributed by atoms with Gasteiger partial charge in [0.15, 0.2) is 0 Å². The number of aliphatic imine (C=N–C) groups is 1. The van der Waals surface area contributed by atoms with Crippen molar-refractivity contribution in [1.82, 2.24) is 9.80 Å². The summed E-state index contributed by atoms with van der Waals surface area (Å²) in [4.78, 5) is 30.6. The summed E-state index contributed by atoms with van der Waals surface area (Å²) in [6.45, 7) is 2.62. The molecule has 2 unspecified atom stereocenters. The molecule has 0 spiro atoms. The lowest BCUT2D eigenvalue weighted by Crippen LogP contribution is -2.60. The molecule has 0 aliphatic carbocycles. The van der Waals surface area contributed by atoms with Crippen LogP contribution in [0.5, 0.6) is 0 Å². The fourth-order valence-electron chi connectivity index (χ4n) is 2.60. The first-order valence-electron chi connectivity index (χ1n) is 6.83. The maximum Gasteiger partial charge on any atom is 0.265 e. The van der Waals surface area contributed by atoms with E-state index in [4.69, 9.17) is 17.0 Å². The van der Waals surface area contributed by atoms with Crippen LogP contribution in [0.3, 0.4) is 0 Å². The van der Waals surface area contributed by atoms with Crippen LogP contribution in [0, 0.1) is 10.3 Å². The molecule has 0 bridgehead atoms. The Kier molecular flexibility index (Phi) is 3.66. The summed E-state index contributed by atoms with van der Waals surface area (Å²) in [6, 6.07) is 5.79. The second kappa shape index (κ2) is 5.49. The molecule has 1 N–H and O–H groups in total. The van der Waals surface area contributed by atoms with E-state index in [0.29, 0.717) is 24.1 Å². The number of hydrogen-bond acceptors (Lipinski definition) is 5. The van der Waals surface area contributed by atoms with Crippen molar-refractivity contribution >= 4 is 29.3 Å². The van der Waals surface area contributed by atoms with E-state index in [1.54, 1.807) is 17.0 Å². The van der Waals surface area contributed by atoms with E-state index in [-0.39, 0.29) is 11.9 Å². The Morgan fingerprint density at radius 1 is 1.41 bits per heavy atom. The molecule has 8 heteroatoms. The van der Waals surface area contributed by atoms with E-state index in [1.807, 2.05) is 19.1 Å². The van der Waals surface area contributed by atoms with E-state index in [1.165, 1.54) is 4.90 Å². The lowest BCUT2D eigenvalue weighted by Gasteiger charge is -2.36. The van der Waals surface area contributed by atoms with Crippen LogP contribution in [0.15, 0.2) is 34.4 Å². The fraction of sp³-hybridized carbons (Fsp3) is 0.357. The molecule has 0 saturated carbocycles. The van der Waals surface area contributed by atoms with Crippen LogP contribution in [0.25, 0.3) is 0 Å². The van der Waals surface area contributed by atoms with E-state index >= 15 is 0 Å². The highest BCUT2D eigenvalue weighted by Crippen LogP contribution is 2.24. The summed E-state index contributed by atoms with van der Waals surface area (Å²) in [5, 5.41) is 11.6. The van der Waals surface area contributed by atoms with Gasteiger partial charge >= 0.3 is 0 Å². The molecule has 1 amide bonds. The molecule has 7 nitrogen and oxygen atoms in total. The molecule has 3 rings (SSSR count). The number of benzene rings is 1. The summed E-state index contributed by atoms with van der Waals surface area (Å²) in [5.74, 6) is -0.202. The van der Waals surface area contributed by atoms with Gasteiger partial charge in [-0.2, -0.15) is 0 Å². The molecule has 2 atom stereocenters. The molecule has 2 aliphatic rings. The number of rotatable bonds is 3. The van der Waals surface area contributed by atoms with Crippen molar-refractivity contribution in [3.8, 4) is 0 Å². The van der Waals surface area contributed by atoms with Crippen LogP contribution >= 0.6 is 11.6 Å². The Hall–Kier alpha value is -2.28. The topological polar surface area (TPSA) is 89.2 Å². The van der Waals surface area contributed by atoms with Gasteiger partial charge < -0.3 is 0 Å². The average molecular weight is 320 g/mol. The van der Waals surface area contributed by atoms with Gasteiger partial charge in [-0.15, -0.1) is 4.91 Å². The van der Waals surface area contributed by atoms with Crippen molar-refractivity contribution in [2.75, 3.05) is 6.54 Å². The molecule has 0 radical (unpaired) electrons. The maximum absolute atomic E-state index is 12.2. The second-order valence-corrected chi connectivity index (χ2v) is 5.77. The third kappa shape index (κ3) is 2.37. The zero-order chi connectivity index (χ0) is 15.9. The third-order valence-corrected chi connectivity index (χ3v) is 3.93. The second-order valence-electron chi connectivity index (χ2n) is 5.33. The molecule has 1 saturated heterocycles. The number of nitrogens with one attached hydrogen (secondary N) is 1. The SMILES string of the molecule is CC1CN2C(=O)C(N=O)C(=N)N(Cc3ccc(Cl)cc3)C2=N1. The van der Waals surface area contributed by atoms with Crippen molar-refractivity contribution in [2.24, 2.45) is 10.2 Å².